The number of fused-ring (bicyclic) bond motifs is 3. The Labute approximate surface area is 118 Å². The first-order valence-corrected chi connectivity index (χ1v) is 7.25. The molecular weight excluding hydrogens is 252 g/mol. The van der Waals surface area contributed by atoms with Crippen molar-refractivity contribution >= 4 is 11.5 Å². The summed E-state index contributed by atoms with van der Waals surface area (Å²) >= 11 is 0. The van der Waals surface area contributed by atoms with Gasteiger partial charge in [0.1, 0.15) is 0 Å². The van der Waals surface area contributed by atoms with Crippen molar-refractivity contribution in [2.45, 2.75) is 38.6 Å². The summed E-state index contributed by atoms with van der Waals surface area (Å²) in [6.45, 7) is 3.10. The molecule has 1 atom stereocenters. The Morgan fingerprint density at radius 1 is 1.50 bits per heavy atom. The van der Waals surface area contributed by atoms with Crippen LogP contribution >= 0.6 is 0 Å². The van der Waals surface area contributed by atoms with E-state index in [1.165, 1.54) is 11.3 Å². The minimum absolute atomic E-state index is 0.120. The van der Waals surface area contributed by atoms with Gasteiger partial charge in [-0.3, -0.25) is 4.79 Å². The average Bonchev–Trinajstić information content (AvgIpc) is 2.73. The van der Waals surface area contributed by atoms with E-state index < -0.39 is 5.97 Å². The number of carboxylic acid groups (broad SMARTS) is 1. The maximum atomic E-state index is 11.1. The van der Waals surface area contributed by atoms with Gasteiger partial charge in [0.2, 0.25) is 0 Å². The molecule has 0 bridgehead atoms. The summed E-state index contributed by atoms with van der Waals surface area (Å²) in [5.74, 6) is -0.752. The van der Waals surface area contributed by atoms with Crippen LogP contribution in [0.3, 0.4) is 0 Å². The second-order valence-corrected chi connectivity index (χ2v) is 5.43. The van der Waals surface area contributed by atoms with Crippen LogP contribution in [0, 0.1) is 0 Å². The van der Waals surface area contributed by atoms with Crippen molar-refractivity contribution in [2.24, 2.45) is 0 Å². The molecule has 1 aliphatic rings. The van der Waals surface area contributed by atoms with Crippen LogP contribution in [0.5, 0.6) is 0 Å². The van der Waals surface area contributed by atoms with Crippen LogP contribution in [-0.4, -0.2) is 28.1 Å². The lowest BCUT2D eigenvalue weighted by atomic mass is 9.90. The van der Waals surface area contributed by atoms with E-state index in [1.54, 1.807) is 0 Å². The summed E-state index contributed by atoms with van der Waals surface area (Å²) in [6.07, 6.45) is 5.21. The van der Waals surface area contributed by atoms with E-state index in [0.717, 1.165) is 36.9 Å². The summed E-state index contributed by atoms with van der Waals surface area (Å²) in [5, 5.41) is 12.7. The normalized spacial score (nSPS) is 18.1. The summed E-state index contributed by atoms with van der Waals surface area (Å²) in [7, 11) is 0. The zero-order valence-corrected chi connectivity index (χ0v) is 11.7. The largest absolute Gasteiger partial charge is 0.481 e. The van der Waals surface area contributed by atoms with Crippen LogP contribution in [0.25, 0.3) is 5.52 Å². The molecule has 0 spiro atoms. The van der Waals surface area contributed by atoms with E-state index in [1.807, 2.05) is 24.4 Å². The summed E-state index contributed by atoms with van der Waals surface area (Å²) in [4.78, 5) is 11.1. The number of aliphatic carboxylic acids is 1. The predicted molar refractivity (Wildman–Crippen MR) is 78.2 cm³/mol. The highest BCUT2D eigenvalue weighted by atomic mass is 16.4. The van der Waals surface area contributed by atoms with Gasteiger partial charge < -0.3 is 14.8 Å². The van der Waals surface area contributed by atoms with Gasteiger partial charge in [-0.2, -0.15) is 0 Å². The lowest BCUT2D eigenvalue weighted by Gasteiger charge is -2.24. The van der Waals surface area contributed by atoms with Gasteiger partial charge in [0.05, 0.1) is 6.42 Å². The molecule has 4 nitrogen and oxygen atoms in total. The lowest BCUT2D eigenvalue weighted by Crippen LogP contribution is -2.34. The number of nitrogens with one attached hydrogen (secondary N) is 1. The van der Waals surface area contributed by atoms with Crippen LogP contribution in [0.4, 0.5) is 0 Å². The van der Waals surface area contributed by atoms with Crippen LogP contribution in [-0.2, 0) is 24.1 Å². The van der Waals surface area contributed by atoms with Crippen LogP contribution < -0.4 is 5.32 Å². The number of pyridine rings is 1. The predicted octanol–water partition coefficient (Wildman–Crippen LogP) is 2.03. The highest BCUT2D eigenvalue weighted by Gasteiger charge is 2.26. The molecule has 2 N–H and O–H groups in total. The second kappa shape index (κ2) is 5.29. The molecule has 4 heteroatoms. The minimum atomic E-state index is -0.752. The number of carboxylic acids is 1. The Hall–Kier alpha value is -1.81. The van der Waals surface area contributed by atoms with Crippen LogP contribution in [0.15, 0.2) is 24.4 Å². The zero-order valence-electron chi connectivity index (χ0n) is 11.7. The first kappa shape index (κ1) is 13.2. The lowest BCUT2D eigenvalue weighted by molar-refractivity contribution is -0.136. The fourth-order valence-corrected chi connectivity index (χ4v) is 3.38. The summed E-state index contributed by atoms with van der Waals surface area (Å²) in [6, 6.07) is 6.52. The zero-order chi connectivity index (χ0) is 14.1. The molecule has 0 radical (unpaired) electrons. The average molecular weight is 272 g/mol. The van der Waals surface area contributed by atoms with E-state index in [4.69, 9.17) is 5.11 Å². The molecule has 0 unspecified atom stereocenters. The Bertz CT molecular complexity index is 645. The van der Waals surface area contributed by atoms with Crippen molar-refractivity contribution in [1.82, 2.24) is 9.72 Å². The molecular formula is C16H20N2O2. The Morgan fingerprint density at radius 3 is 3.10 bits per heavy atom. The molecule has 0 fully saturated rings. The maximum absolute atomic E-state index is 11.1. The third-order valence-electron chi connectivity index (χ3n) is 4.18. The molecule has 0 saturated carbocycles. The molecule has 2 aromatic rings. The fourth-order valence-electron chi connectivity index (χ4n) is 3.38. The van der Waals surface area contributed by atoms with Crippen molar-refractivity contribution in [3.8, 4) is 0 Å². The SMILES string of the molecule is CCN[C@@H]1CCc2c(CC(=O)O)c3ccccn3c2C1. The summed E-state index contributed by atoms with van der Waals surface area (Å²) in [5.41, 5.74) is 4.60. The van der Waals surface area contributed by atoms with Crippen molar-refractivity contribution in [2.75, 3.05) is 6.54 Å². The van der Waals surface area contributed by atoms with Crippen molar-refractivity contribution in [1.29, 1.82) is 0 Å². The van der Waals surface area contributed by atoms with Crippen molar-refractivity contribution in [3.63, 3.8) is 0 Å². The Balaban J connectivity index is 2.09. The number of hydrogen-bond acceptors (Lipinski definition) is 2. The maximum Gasteiger partial charge on any atom is 0.307 e. The highest BCUT2D eigenvalue weighted by Crippen LogP contribution is 2.30. The van der Waals surface area contributed by atoms with E-state index in [0.29, 0.717) is 6.04 Å². The molecule has 3 rings (SSSR count). The molecule has 2 heterocycles. The van der Waals surface area contributed by atoms with Gasteiger partial charge in [-0.1, -0.05) is 13.0 Å². The van der Waals surface area contributed by atoms with Gasteiger partial charge in [-0.25, -0.2) is 0 Å². The fraction of sp³-hybridized carbons (Fsp3) is 0.438. The number of aromatic nitrogens is 1. The van der Waals surface area contributed by atoms with Crippen molar-refractivity contribution < 1.29 is 9.90 Å². The van der Waals surface area contributed by atoms with E-state index in [-0.39, 0.29) is 6.42 Å². The topological polar surface area (TPSA) is 53.7 Å². The number of rotatable bonds is 4. The van der Waals surface area contributed by atoms with Gasteiger partial charge in [0.15, 0.2) is 0 Å². The van der Waals surface area contributed by atoms with Crippen molar-refractivity contribution in [3.05, 3.63) is 41.2 Å². The first-order chi connectivity index (χ1) is 9.70. The van der Waals surface area contributed by atoms with E-state index >= 15 is 0 Å². The van der Waals surface area contributed by atoms with Crippen LogP contribution in [0.1, 0.15) is 30.2 Å². The van der Waals surface area contributed by atoms with Gasteiger partial charge >= 0.3 is 5.97 Å². The second-order valence-electron chi connectivity index (χ2n) is 5.43. The third-order valence-corrected chi connectivity index (χ3v) is 4.18. The van der Waals surface area contributed by atoms with Crippen LogP contribution in [0.2, 0.25) is 0 Å². The number of nitrogens with zero attached hydrogens (tertiary/aromatic N) is 1. The molecule has 0 amide bonds. The molecule has 0 aliphatic heterocycles. The van der Waals surface area contributed by atoms with E-state index in [2.05, 4.69) is 16.6 Å². The Morgan fingerprint density at radius 2 is 2.35 bits per heavy atom. The number of likely N-dealkylation sites (N-methyl/N-ethyl adjacent to an activating group) is 1. The molecule has 20 heavy (non-hydrogen) atoms. The van der Waals surface area contributed by atoms with Gasteiger partial charge in [0, 0.05) is 29.9 Å². The monoisotopic (exact) mass is 272 g/mol. The molecule has 1 aliphatic carbocycles. The van der Waals surface area contributed by atoms with Gasteiger partial charge in [-0.05, 0) is 42.6 Å². The molecule has 2 aromatic heterocycles. The highest BCUT2D eigenvalue weighted by molar-refractivity contribution is 5.76. The van der Waals surface area contributed by atoms with Gasteiger partial charge in [-0.15, -0.1) is 0 Å². The van der Waals surface area contributed by atoms with E-state index in [9.17, 15) is 4.79 Å². The number of carbonyl (C=O) groups is 1. The third kappa shape index (κ3) is 2.20. The quantitative estimate of drug-likeness (QED) is 0.895. The first-order valence-electron chi connectivity index (χ1n) is 7.25. The Kier molecular flexibility index (Phi) is 3.49. The number of hydrogen-bond donors (Lipinski definition) is 2. The summed E-state index contributed by atoms with van der Waals surface area (Å²) < 4.78 is 2.18. The molecule has 0 saturated heterocycles. The molecule has 106 valence electrons. The molecule has 0 aromatic carbocycles. The van der Waals surface area contributed by atoms with Gasteiger partial charge in [0.25, 0.3) is 0 Å². The smallest absolute Gasteiger partial charge is 0.307 e. The standard InChI is InChI=1S/C16H20N2O2/c1-2-17-11-6-7-12-13(10-16(19)20)14-5-3-4-8-18(14)15(12)9-11/h3-5,8,11,17H,2,6-7,9-10H2,1H3,(H,19,20)/t11-/m1/s1. The minimum Gasteiger partial charge on any atom is -0.481 e.